The van der Waals surface area contributed by atoms with Gasteiger partial charge in [-0.2, -0.15) is 0 Å². The minimum atomic E-state index is -0.779. The van der Waals surface area contributed by atoms with Crippen molar-refractivity contribution in [3.63, 3.8) is 0 Å². The zero-order valence-electron chi connectivity index (χ0n) is 16.9. The molecule has 3 aromatic rings. The van der Waals surface area contributed by atoms with Gasteiger partial charge in [0.1, 0.15) is 12.3 Å². The van der Waals surface area contributed by atoms with Crippen LogP contribution >= 0.6 is 0 Å². The van der Waals surface area contributed by atoms with Crippen molar-refractivity contribution >= 4 is 28.4 Å². The molecule has 5 rings (SSSR count). The number of hydrogen-bond acceptors (Lipinski definition) is 3. The highest BCUT2D eigenvalue weighted by Gasteiger charge is 2.59. The molecular weight excluding hydrogens is 360 g/mol. The van der Waals surface area contributed by atoms with Crippen molar-refractivity contribution in [1.82, 2.24) is 5.32 Å². The van der Waals surface area contributed by atoms with Crippen LogP contribution in [-0.2, 0) is 10.2 Å². The van der Waals surface area contributed by atoms with Crippen LogP contribution in [0.1, 0.15) is 25.0 Å². The van der Waals surface area contributed by atoms with Crippen LogP contribution in [0.2, 0.25) is 0 Å². The normalized spacial score (nSPS) is 21.0. The lowest BCUT2D eigenvalue weighted by Crippen LogP contribution is -2.61. The first-order chi connectivity index (χ1) is 14.0. The quantitative estimate of drug-likeness (QED) is 0.708. The average Bonchev–Trinajstić information content (AvgIpc) is 2.92. The fourth-order valence-electron chi connectivity index (χ4n) is 4.79. The number of carbonyl (C=O) groups excluding carboxylic acids is 1. The molecule has 0 aromatic heterocycles. The largest absolute Gasteiger partial charge is 0.463 e. The lowest BCUT2D eigenvalue weighted by Gasteiger charge is -2.47. The lowest BCUT2D eigenvalue weighted by atomic mass is 9.76. The molecule has 2 heterocycles. The van der Waals surface area contributed by atoms with E-state index in [-0.39, 0.29) is 17.9 Å². The van der Waals surface area contributed by atoms with Crippen LogP contribution in [0.15, 0.2) is 66.7 Å². The first kappa shape index (κ1) is 17.8. The molecule has 0 fully saturated rings. The summed E-state index contributed by atoms with van der Waals surface area (Å²) in [6.07, 6.45) is 4.29. The van der Waals surface area contributed by atoms with Crippen molar-refractivity contribution < 1.29 is 9.53 Å². The fraction of sp³-hybridized carbons (Fsp3) is 0.240. The van der Waals surface area contributed by atoms with Gasteiger partial charge in [-0.3, -0.25) is 4.79 Å². The molecule has 2 aliphatic heterocycles. The predicted molar refractivity (Wildman–Crippen MR) is 117 cm³/mol. The zero-order chi connectivity index (χ0) is 20.2. The number of likely N-dealkylation sites (N-methyl/N-ethyl adjacent to an activating group) is 1. The molecule has 2 aliphatic rings. The molecule has 4 nitrogen and oxygen atoms in total. The smallest absolute Gasteiger partial charge is 0.239 e. The number of benzene rings is 3. The minimum absolute atomic E-state index is 0.0433. The average molecular weight is 384 g/mol. The van der Waals surface area contributed by atoms with Crippen LogP contribution in [0.3, 0.4) is 0 Å². The summed E-state index contributed by atoms with van der Waals surface area (Å²) in [6, 6.07) is 20.7. The van der Waals surface area contributed by atoms with E-state index in [4.69, 9.17) is 4.74 Å². The highest BCUT2D eigenvalue weighted by atomic mass is 16.5. The van der Waals surface area contributed by atoms with E-state index in [0.29, 0.717) is 0 Å². The summed E-state index contributed by atoms with van der Waals surface area (Å²) < 4.78 is 6.80. The molecule has 1 N–H and O–H groups in total. The minimum Gasteiger partial charge on any atom is -0.463 e. The van der Waals surface area contributed by atoms with Crippen molar-refractivity contribution in [2.24, 2.45) is 0 Å². The number of rotatable bonds is 2. The molecule has 0 saturated carbocycles. The van der Waals surface area contributed by atoms with Gasteiger partial charge in [-0.1, -0.05) is 48.5 Å². The number of anilines is 1. The Kier molecular flexibility index (Phi) is 3.75. The Morgan fingerprint density at radius 1 is 1.03 bits per heavy atom. The number of hydrogen-bond donors (Lipinski definition) is 1. The van der Waals surface area contributed by atoms with Crippen molar-refractivity contribution in [2.75, 3.05) is 18.5 Å². The molecular formula is C25H24N2O2. The van der Waals surface area contributed by atoms with Crippen molar-refractivity contribution in [1.29, 1.82) is 0 Å². The maximum absolute atomic E-state index is 12.4. The Morgan fingerprint density at radius 3 is 2.62 bits per heavy atom. The van der Waals surface area contributed by atoms with E-state index in [1.54, 1.807) is 7.05 Å². The molecule has 29 heavy (non-hydrogen) atoms. The van der Waals surface area contributed by atoms with Crippen LogP contribution in [0.25, 0.3) is 16.8 Å². The van der Waals surface area contributed by atoms with E-state index >= 15 is 0 Å². The van der Waals surface area contributed by atoms with Gasteiger partial charge in [-0.15, -0.1) is 0 Å². The van der Waals surface area contributed by atoms with E-state index in [1.807, 2.05) is 30.3 Å². The predicted octanol–water partition coefficient (Wildman–Crippen LogP) is 4.49. The number of fused-ring (bicyclic) bond motifs is 4. The Bertz CT molecular complexity index is 1160. The fourth-order valence-corrected chi connectivity index (χ4v) is 4.79. The van der Waals surface area contributed by atoms with Gasteiger partial charge in [0.15, 0.2) is 0 Å². The summed E-state index contributed by atoms with van der Waals surface area (Å²) in [5.41, 5.74) is 2.17. The molecule has 4 heteroatoms. The maximum atomic E-state index is 12.4. The molecule has 3 aromatic carbocycles. The first-order valence-electron chi connectivity index (χ1n) is 9.96. The summed E-state index contributed by atoms with van der Waals surface area (Å²) in [4.78, 5) is 14.5. The summed E-state index contributed by atoms with van der Waals surface area (Å²) in [6.45, 7) is 4.60. The second-order valence-electron chi connectivity index (χ2n) is 8.23. The van der Waals surface area contributed by atoms with Crippen LogP contribution in [-0.4, -0.2) is 25.2 Å². The Morgan fingerprint density at radius 2 is 1.79 bits per heavy atom. The Labute approximate surface area is 170 Å². The van der Waals surface area contributed by atoms with E-state index in [9.17, 15) is 4.79 Å². The highest BCUT2D eigenvalue weighted by molar-refractivity contribution is 5.94. The number of carbonyl (C=O) groups is 1. The SMILES string of the molecule is CNC(=O)CN1c2ccccc2C(C)(C)[C@]12C=Cc1c(ccc3ccccc13)O2. The zero-order valence-corrected chi connectivity index (χ0v) is 16.9. The van der Waals surface area contributed by atoms with Gasteiger partial charge in [-0.25, -0.2) is 0 Å². The van der Waals surface area contributed by atoms with Crippen LogP contribution in [0.4, 0.5) is 5.69 Å². The number of amides is 1. The lowest BCUT2D eigenvalue weighted by molar-refractivity contribution is -0.120. The maximum Gasteiger partial charge on any atom is 0.239 e. The molecule has 0 radical (unpaired) electrons. The van der Waals surface area contributed by atoms with Crippen molar-refractivity contribution in [3.05, 3.63) is 77.9 Å². The molecule has 0 saturated heterocycles. The standard InChI is InChI=1S/C25H24N2O2/c1-24(2)20-10-6-7-11-21(20)27(16-23(28)26-3)25(24)15-14-19-18-9-5-4-8-17(18)12-13-22(19)29-25/h4-15H,16H2,1-3H3,(H,26,28)/t25-/m1/s1. The second kappa shape index (κ2) is 6.11. The monoisotopic (exact) mass is 384 g/mol. The number of nitrogens with one attached hydrogen (secondary N) is 1. The number of para-hydroxylation sites is 1. The van der Waals surface area contributed by atoms with E-state index in [0.717, 1.165) is 17.0 Å². The highest BCUT2D eigenvalue weighted by Crippen LogP contribution is 2.55. The van der Waals surface area contributed by atoms with E-state index < -0.39 is 5.72 Å². The van der Waals surface area contributed by atoms with Gasteiger partial charge in [0.25, 0.3) is 0 Å². The molecule has 0 aliphatic carbocycles. The Hall–Kier alpha value is -3.27. The van der Waals surface area contributed by atoms with Gasteiger partial charge in [0.05, 0.1) is 5.41 Å². The summed E-state index contributed by atoms with van der Waals surface area (Å²) >= 11 is 0. The topological polar surface area (TPSA) is 41.6 Å². The summed E-state index contributed by atoms with van der Waals surface area (Å²) in [5, 5.41) is 5.11. The second-order valence-corrected chi connectivity index (χ2v) is 8.23. The number of nitrogens with zero attached hydrogens (tertiary/aromatic N) is 1. The van der Waals surface area contributed by atoms with Gasteiger partial charge in [0, 0.05) is 18.3 Å². The summed E-state index contributed by atoms with van der Waals surface area (Å²) in [7, 11) is 1.67. The van der Waals surface area contributed by atoms with Crippen molar-refractivity contribution in [2.45, 2.75) is 25.0 Å². The molecule has 0 bridgehead atoms. The molecule has 1 spiro atoms. The van der Waals surface area contributed by atoms with E-state index in [2.05, 4.69) is 66.5 Å². The Balaban J connectivity index is 1.70. The summed E-state index contributed by atoms with van der Waals surface area (Å²) in [5.74, 6) is 0.798. The number of ether oxygens (including phenoxy) is 1. The van der Waals surface area contributed by atoms with Gasteiger partial charge < -0.3 is 15.0 Å². The van der Waals surface area contributed by atoms with Gasteiger partial charge in [0.2, 0.25) is 11.6 Å². The first-order valence-corrected chi connectivity index (χ1v) is 9.96. The third kappa shape index (κ3) is 2.35. The van der Waals surface area contributed by atoms with Crippen LogP contribution in [0, 0.1) is 0 Å². The molecule has 0 unspecified atom stereocenters. The molecule has 1 amide bonds. The van der Waals surface area contributed by atoms with Gasteiger partial charge >= 0.3 is 0 Å². The van der Waals surface area contributed by atoms with Crippen molar-refractivity contribution in [3.8, 4) is 5.75 Å². The third-order valence-electron chi connectivity index (χ3n) is 6.42. The van der Waals surface area contributed by atoms with Gasteiger partial charge in [-0.05, 0) is 54.5 Å². The molecule has 146 valence electrons. The molecule has 1 atom stereocenters. The van der Waals surface area contributed by atoms with Crippen LogP contribution in [0.5, 0.6) is 5.75 Å². The van der Waals surface area contributed by atoms with E-state index in [1.165, 1.54) is 16.3 Å². The third-order valence-corrected chi connectivity index (χ3v) is 6.42. The van der Waals surface area contributed by atoms with Crippen LogP contribution < -0.4 is 15.0 Å².